The third-order valence-corrected chi connectivity index (χ3v) is 5.22. The molecule has 3 saturated heterocycles. The van der Waals surface area contributed by atoms with Crippen molar-refractivity contribution < 1.29 is 9.53 Å². The van der Waals surface area contributed by atoms with Crippen molar-refractivity contribution in [2.24, 2.45) is 5.92 Å². The van der Waals surface area contributed by atoms with Crippen molar-refractivity contribution >= 4 is 5.91 Å². The van der Waals surface area contributed by atoms with E-state index in [1.54, 1.807) is 7.11 Å². The fourth-order valence-corrected chi connectivity index (χ4v) is 4.01. The third-order valence-electron chi connectivity index (χ3n) is 5.22. The second-order valence-corrected chi connectivity index (χ2v) is 6.78. The molecule has 4 rings (SSSR count). The van der Waals surface area contributed by atoms with E-state index in [2.05, 4.69) is 17.2 Å². The molecule has 0 saturated carbocycles. The van der Waals surface area contributed by atoms with Crippen molar-refractivity contribution in [1.82, 2.24) is 14.4 Å². The highest BCUT2D eigenvalue weighted by Gasteiger charge is 2.40. The van der Waals surface area contributed by atoms with Gasteiger partial charge in [0.2, 0.25) is 5.91 Å². The molecular formula is C18H26N4O2. The number of piperidine rings is 1. The first-order valence-electron chi connectivity index (χ1n) is 8.77. The number of fused-ring (bicyclic) bond motifs is 4. The van der Waals surface area contributed by atoms with Gasteiger partial charge >= 0.3 is 0 Å². The number of aromatic nitrogens is 1. The molecule has 0 aliphatic carbocycles. The van der Waals surface area contributed by atoms with Gasteiger partial charge in [0.1, 0.15) is 11.8 Å². The van der Waals surface area contributed by atoms with Crippen molar-refractivity contribution in [3.05, 3.63) is 23.5 Å². The summed E-state index contributed by atoms with van der Waals surface area (Å²) in [5.41, 5.74) is 1.87. The molecule has 3 aliphatic rings. The summed E-state index contributed by atoms with van der Waals surface area (Å²) in [6.07, 6.45) is 4.13. The highest BCUT2D eigenvalue weighted by Crippen LogP contribution is 2.29. The number of ether oxygens (including phenoxy) is 1. The summed E-state index contributed by atoms with van der Waals surface area (Å²) >= 11 is 0. The van der Waals surface area contributed by atoms with E-state index in [0.29, 0.717) is 18.8 Å². The van der Waals surface area contributed by atoms with Crippen LogP contribution in [0.4, 0.5) is 0 Å². The number of methoxy groups -OCH3 is 1. The molecule has 6 nitrogen and oxygen atoms in total. The van der Waals surface area contributed by atoms with Crippen molar-refractivity contribution in [2.75, 3.05) is 33.4 Å². The minimum Gasteiger partial charge on any atom is -0.383 e. The molecule has 1 aromatic heterocycles. The van der Waals surface area contributed by atoms with Gasteiger partial charge in [-0.3, -0.25) is 9.69 Å². The number of hydrogen-bond acceptors (Lipinski definition) is 4. The topological polar surface area (TPSA) is 61.5 Å². The fourth-order valence-electron chi connectivity index (χ4n) is 4.01. The van der Waals surface area contributed by atoms with Gasteiger partial charge in [-0.05, 0) is 31.4 Å². The Kier molecular flexibility index (Phi) is 5.22. The van der Waals surface area contributed by atoms with Crippen LogP contribution in [0, 0.1) is 17.2 Å². The predicted octanol–water partition coefficient (Wildman–Crippen LogP) is 1.45. The standard InChI is InChI=1S/C18H26N4O2/c1-3-21-11-14(8-17(21)9-19)10-20-12-15-4-5-16(13-20)22(18(15)23)6-7-24-2/h8,11,15-16H,3-7,10,12-13H2,1-2H3/t15-,16+/m1/s1. The number of rotatable bonds is 6. The highest BCUT2D eigenvalue weighted by atomic mass is 16.5. The maximum absolute atomic E-state index is 12.7. The summed E-state index contributed by atoms with van der Waals surface area (Å²) in [7, 11) is 1.68. The van der Waals surface area contributed by atoms with Crippen molar-refractivity contribution in [3.8, 4) is 6.07 Å². The molecule has 2 bridgehead atoms. The number of nitrogens with zero attached hydrogens (tertiary/aromatic N) is 4. The summed E-state index contributed by atoms with van der Waals surface area (Å²) < 4.78 is 7.15. The van der Waals surface area contributed by atoms with E-state index in [1.165, 1.54) is 0 Å². The number of nitriles is 1. The van der Waals surface area contributed by atoms with Gasteiger partial charge in [0.15, 0.2) is 0 Å². The normalized spacial score (nSPS) is 24.2. The SMILES string of the molecule is CCn1cc(CN2C[C@H]3CC[C@@H](C2)N(CCOC)C3=O)cc1C#N. The quantitative estimate of drug-likeness (QED) is 0.792. The molecule has 2 atom stereocenters. The Morgan fingerprint density at radius 2 is 2.21 bits per heavy atom. The number of hydrogen-bond donors (Lipinski definition) is 0. The van der Waals surface area contributed by atoms with Crippen molar-refractivity contribution in [3.63, 3.8) is 0 Å². The van der Waals surface area contributed by atoms with E-state index in [1.807, 2.05) is 22.5 Å². The minimum atomic E-state index is 0.101. The number of aryl methyl sites for hydroxylation is 1. The summed E-state index contributed by atoms with van der Waals surface area (Å²) in [6, 6.07) is 4.51. The van der Waals surface area contributed by atoms with E-state index in [4.69, 9.17) is 4.74 Å². The molecule has 3 aliphatic heterocycles. The molecule has 1 amide bonds. The van der Waals surface area contributed by atoms with Gasteiger partial charge in [-0.25, -0.2) is 0 Å². The van der Waals surface area contributed by atoms with Crippen LogP contribution in [0.2, 0.25) is 0 Å². The lowest BCUT2D eigenvalue weighted by molar-refractivity contribution is -0.140. The lowest BCUT2D eigenvalue weighted by Crippen LogP contribution is -2.49. The molecule has 0 spiro atoms. The first-order valence-corrected chi connectivity index (χ1v) is 8.77. The Morgan fingerprint density at radius 3 is 2.88 bits per heavy atom. The number of amides is 1. The van der Waals surface area contributed by atoms with E-state index in [9.17, 15) is 10.1 Å². The van der Waals surface area contributed by atoms with Crippen LogP contribution in [0.25, 0.3) is 0 Å². The smallest absolute Gasteiger partial charge is 0.227 e. The lowest BCUT2D eigenvalue weighted by atomic mass is 9.94. The van der Waals surface area contributed by atoms with Crippen LogP contribution in [0.15, 0.2) is 12.3 Å². The Morgan fingerprint density at radius 1 is 1.38 bits per heavy atom. The van der Waals surface area contributed by atoms with E-state index >= 15 is 0 Å². The first kappa shape index (κ1) is 17.0. The van der Waals surface area contributed by atoms with Crippen LogP contribution < -0.4 is 0 Å². The molecule has 0 aromatic carbocycles. The summed E-state index contributed by atoms with van der Waals surface area (Å²) in [5.74, 6) is 0.388. The van der Waals surface area contributed by atoms with Crippen molar-refractivity contribution in [1.29, 1.82) is 5.26 Å². The van der Waals surface area contributed by atoms with Gasteiger partial charge in [0, 0.05) is 52.1 Å². The Bertz CT molecular complexity index is 633. The molecule has 3 fully saturated rings. The summed E-state index contributed by atoms with van der Waals surface area (Å²) in [5, 5.41) is 9.21. The Labute approximate surface area is 143 Å². The van der Waals surface area contributed by atoms with E-state index in [0.717, 1.165) is 44.6 Å². The van der Waals surface area contributed by atoms with E-state index < -0.39 is 0 Å². The fraction of sp³-hybridized carbons (Fsp3) is 0.667. The van der Waals surface area contributed by atoms with Crippen LogP contribution in [0.5, 0.6) is 0 Å². The van der Waals surface area contributed by atoms with Gasteiger partial charge < -0.3 is 14.2 Å². The maximum Gasteiger partial charge on any atom is 0.227 e. The molecule has 0 N–H and O–H groups in total. The second kappa shape index (κ2) is 7.37. The van der Waals surface area contributed by atoms with E-state index in [-0.39, 0.29) is 17.9 Å². The largest absolute Gasteiger partial charge is 0.383 e. The molecule has 0 unspecified atom stereocenters. The minimum absolute atomic E-state index is 0.101. The third kappa shape index (κ3) is 3.33. The maximum atomic E-state index is 12.7. The Hall–Kier alpha value is -1.84. The molecule has 1 aromatic rings. The van der Waals surface area contributed by atoms with Gasteiger partial charge in [-0.2, -0.15) is 5.26 Å². The summed E-state index contributed by atoms with van der Waals surface area (Å²) in [4.78, 5) is 17.1. The second-order valence-electron chi connectivity index (χ2n) is 6.78. The van der Waals surface area contributed by atoms with Crippen LogP contribution >= 0.6 is 0 Å². The van der Waals surface area contributed by atoms with Gasteiger partial charge in [-0.1, -0.05) is 0 Å². The molecule has 24 heavy (non-hydrogen) atoms. The first-order chi connectivity index (χ1) is 11.7. The molecule has 130 valence electrons. The zero-order chi connectivity index (χ0) is 17.1. The average molecular weight is 330 g/mol. The van der Waals surface area contributed by atoms with Crippen LogP contribution in [-0.4, -0.2) is 59.7 Å². The number of carbonyl (C=O) groups excluding carboxylic acids is 1. The predicted molar refractivity (Wildman–Crippen MR) is 90.2 cm³/mol. The molecule has 0 radical (unpaired) electrons. The van der Waals surface area contributed by atoms with Gasteiger partial charge in [0.05, 0.1) is 12.5 Å². The van der Waals surface area contributed by atoms with Crippen molar-refractivity contribution in [2.45, 2.75) is 38.9 Å². The van der Waals surface area contributed by atoms with Gasteiger partial charge in [-0.15, -0.1) is 0 Å². The molecular weight excluding hydrogens is 304 g/mol. The lowest BCUT2D eigenvalue weighted by Gasteiger charge is -2.35. The van der Waals surface area contributed by atoms with Crippen LogP contribution in [0.3, 0.4) is 0 Å². The highest BCUT2D eigenvalue weighted by molar-refractivity contribution is 5.80. The average Bonchev–Trinajstić information content (AvgIpc) is 2.80. The Balaban J connectivity index is 1.71. The van der Waals surface area contributed by atoms with Crippen LogP contribution in [-0.2, 0) is 22.6 Å². The molecule has 4 heterocycles. The monoisotopic (exact) mass is 330 g/mol. The number of carbonyl (C=O) groups is 1. The zero-order valence-electron chi connectivity index (χ0n) is 14.6. The molecule has 6 heteroatoms. The van der Waals surface area contributed by atoms with Gasteiger partial charge in [0.25, 0.3) is 0 Å². The van der Waals surface area contributed by atoms with Crippen LogP contribution in [0.1, 0.15) is 31.0 Å². The zero-order valence-corrected chi connectivity index (χ0v) is 14.6. The summed E-state index contributed by atoms with van der Waals surface area (Å²) in [6.45, 7) is 6.67.